The van der Waals surface area contributed by atoms with Crippen LogP contribution in [-0.2, 0) is 0 Å². The van der Waals surface area contributed by atoms with Crippen LogP contribution in [0, 0.1) is 5.41 Å². The van der Waals surface area contributed by atoms with Gasteiger partial charge in [-0.15, -0.1) is 0 Å². The van der Waals surface area contributed by atoms with Crippen molar-refractivity contribution < 1.29 is 14.4 Å². The second kappa shape index (κ2) is 5.45. The molecule has 2 fully saturated rings. The van der Waals surface area contributed by atoms with Crippen molar-refractivity contribution in [3.63, 3.8) is 0 Å². The normalized spacial score (nSPS) is 18.7. The third kappa shape index (κ3) is 2.99. The predicted octanol–water partition coefficient (Wildman–Crippen LogP) is 2.12. The molecule has 1 amide bonds. The molecule has 2 aromatic rings. The average Bonchev–Trinajstić information content (AvgIpc) is 3.52. The van der Waals surface area contributed by atoms with Crippen molar-refractivity contribution >= 4 is 5.91 Å². The lowest BCUT2D eigenvalue weighted by atomic mass is 10.1. The van der Waals surface area contributed by atoms with E-state index in [9.17, 15) is 9.90 Å². The van der Waals surface area contributed by atoms with Crippen LogP contribution in [0.25, 0.3) is 11.5 Å². The summed E-state index contributed by atoms with van der Waals surface area (Å²) in [6.45, 7) is 0.658. The van der Waals surface area contributed by atoms with E-state index in [0.717, 1.165) is 37.1 Å². The average molecular weight is 313 g/mol. The zero-order valence-electron chi connectivity index (χ0n) is 12.8. The quantitative estimate of drug-likeness (QED) is 0.853. The van der Waals surface area contributed by atoms with Gasteiger partial charge in [0, 0.05) is 29.0 Å². The van der Waals surface area contributed by atoms with Crippen LogP contribution in [0.4, 0.5) is 0 Å². The minimum absolute atomic E-state index is 0.0848. The van der Waals surface area contributed by atoms with Crippen LogP contribution in [0.1, 0.15) is 47.8 Å². The first-order valence-electron chi connectivity index (χ1n) is 8.02. The van der Waals surface area contributed by atoms with E-state index >= 15 is 0 Å². The number of hydrogen-bond acceptors (Lipinski definition) is 5. The Labute approximate surface area is 133 Å². The van der Waals surface area contributed by atoms with Crippen molar-refractivity contribution in [3.8, 4) is 11.5 Å². The molecule has 2 aliphatic rings. The number of aliphatic hydroxyl groups is 1. The first-order valence-corrected chi connectivity index (χ1v) is 8.02. The van der Waals surface area contributed by atoms with E-state index in [1.54, 1.807) is 12.1 Å². The monoisotopic (exact) mass is 313 g/mol. The number of hydrogen-bond donors (Lipinski definition) is 2. The molecule has 6 nitrogen and oxygen atoms in total. The van der Waals surface area contributed by atoms with Gasteiger partial charge in [0.1, 0.15) is 0 Å². The van der Waals surface area contributed by atoms with Gasteiger partial charge in [0.2, 0.25) is 0 Å². The maximum Gasteiger partial charge on any atom is 0.257 e. The highest BCUT2D eigenvalue weighted by Gasteiger charge is 2.42. The Kier molecular flexibility index (Phi) is 3.41. The van der Waals surface area contributed by atoms with Crippen molar-refractivity contribution in [2.45, 2.75) is 31.6 Å². The highest BCUT2D eigenvalue weighted by atomic mass is 16.5. The highest BCUT2D eigenvalue weighted by Crippen LogP contribution is 2.44. The summed E-state index contributed by atoms with van der Waals surface area (Å²) in [6.07, 6.45) is 4.22. The van der Waals surface area contributed by atoms with E-state index in [1.807, 2.05) is 12.1 Å². The Morgan fingerprint density at radius 1 is 1.30 bits per heavy atom. The van der Waals surface area contributed by atoms with Crippen LogP contribution < -0.4 is 5.32 Å². The van der Waals surface area contributed by atoms with Crippen LogP contribution in [0.2, 0.25) is 0 Å². The number of rotatable bonds is 6. The first kappa shape index (κ1) is 14.4. The van der Waals surface area contributed by atoms with Crippen LogP contribution in [-0.4, -0.2) is 34.3 Å². The van der Waals surface area contributed by atoms with Gasteiger partial charge in [-0.05, 0) is 49.9 Å². The molecule has 1 heterocycles. The largest absolute Gasteiger partial charge is 0.396 e. The fourth-order valence-corrected chi connectivity index (χ4v) is 2.56. The molecule has 0 unspecified atom stereocenters. The van der Waals surface area contributed by atoms with E-state index in [0.29, 0.717) is 23.9 Å². The summed E-state index contributed by atoms with van der Waals surface area (Å²) < 4.78 is 5.28. The summed E-state index contributed by atoms with van der Waals surface area (Å²) in [5, 5.41) is 16.2. The number of amides is 1. The standard InChI is InChI=1S/C17H19N3O3/c21-10-17(7-8-17)9-18-15(22)12-3-5-13(6-4-12)16-19-14(20-23-16)11-1-2-11/h3-6,11,21H,1-2,7-10H2,(H,18,22). The molecule has 0 aliphatic heterocycles. The van der Waals surface area contributed by atoms with Crippen molar-refractivity contribution in [2.75, 3.05) is 13.2 Å². The molecular formula is C17H19N3O3. The summed E-state index contributed by atoms with van der Waals surface area (Å²) in [5.41, 5.74) is 1.32. The highest BCUT2D eigenvalue weighted by molar-refractivity contribution is 5.94. The lowest BCUT2D eigenvalue weighted by molar-refractivity contribution is 0.0935. The predicted molar refractivity (Wildman–Crippen MR) is 82.8 cm³/mol. The van der Waals surface area contributed by atoms with Gasteiger partial charge in [0.05, 0.1) is 6.61 Å². The van der Waals surface area contributed by atoms with E-state index in [2.05, 4.69) is 15.5 Å². The summed E-state index contributed by atoms with van der Waals surface area (Å²) in [7, 11) is 0. The number of nitrogens with one attached hydrogen (secondary N) is 1. The van der Waals surface area contributed by atoms with E-state index in [-0.39, 0.29) is 17.9 Å². The maximum atomic E-state index is 12.1. The minimum Gasteiger partial charge on any atom is -0.396 e. The fraction of sp³-hybridized carbons (Fsp3) is 0.471. The molecule has 120 valence electrons. The lowest BCUT2D eigenvalue weighted by Crippen LogP contribution is -2.31. The van der Waals surface area contributed by atoms with Gasteiger partial charge in [0.15, 0.2) is 5.82 Å². The molecule has 2 saturated carbocycles. The molecule has 2 N–H and O–H groups in total. The zero-order chi connectivity index (χ0) is 15.9. The molecule has 4 rings (SSSR count). The van der Waals surface area contributed by atoms with E-state index in [1.165, 1.54) is 0 Å². The summed E-state index contributed by atoms with van der Waals surface area (Å²) in [6, 6.07) is 7.14. The number of carbonyl (C=O) groups is 1. The third-order valence-electron chi connectivity index (χ3n) is 4.69. The Hall–Kier alpha value is -2.21. The molecule has 0 radical (unpaired) electrons. The molecule has 2 aliphatic carbocycles. The SMILES string of the molecule is O=C(NCC1(CO)CC1)c1ccc(-c2nc(C3CC3)no2)cc1. The van der Waals surface area contributed by atoms with Gasteiger partial charge in [-0.1, -0.05) is 5.16 Å². The Bertz CT molecular complexity index is 715. The molecule has 0 spiro atoms. The Morgan fingerprint density at radius 2 is 2.04 bits per heavy atom. The third-order valence-corrected chi connectivity index (χ3v) is 4.69. The van der Waals surface area contributed by atoms with Gasteiger partial charge in [-0.3, -0.25) is 4.79 Å². The zero-order valence-corrected chi connectivity index (χ0v) is 12.8. The maximum absolute atomic E-state index is 12.1. The minimum atomic E-state index is -0.125. The van der Waals surface area contributed by atoms with E-state index in [4.69, 9.17) is 4.52 Å². The summed E-state index contributed by atoms with van der Waals surface area (Å²) >= 11 is 0. The van der Waals surface area contributed by atoms with Crippen molar-refractivity contribution in [3.05, 3.63) is 35.7 Å². The molecule has 1 aromatic heterocycles. The van der Waals surface area contributed by atoms with Crippen LogP contribution >= 0.6 is 0 Å². The molecule has 0 saturated heterocycles. The van der Waals surface area contributed by atoms with Gasteiger partial charge in [-0.25, -0.2) is 0 Å². The van der Waals surface area contributed by atoms with Crippen molar-refractivity contribution in [2.24, 2.45) is 5.41 Å². The smallest absolute Gasteiger partial charge is 0.257 e. The number of aliphatic hydroxyl groups excluding tert-OH is 1. The Morgan fingerprint density at radius 3 is 2.65 bits per heavy atom. The Balaban J connectivity index is 1.41. The van der Waals surface area contributed by atoms with Crippen LogP contribution in [0.15, 0.2) is 28.8 Å². The second-order valence-electron chi connectivity index (χ2n) is 6.65. The first-order chi connectivity index (χ1) is 11.2. The van der Waals surface area contributed by atoms with Crippen LogP contribution in [0.5, 0.6) is 0 Å². The van der Waals surface area contributed by atoms with Crippen molar-refractivity contribution in [1.29, 1.82) is 0 Å². The molecule has 6 heteroatoms. The van der Waals surface area contributed by atoms with Gasteiger partial charge in [-0.2, -0.15) is 4.98 Å². The number of aromatic nitrogens is 2. The number of carbonyl (C=O) groups excluding carboxylic acids is 1. The van der Waals surface area contributed by atoms with Crippen molar-refractivity contribution in [1.82, 2.24) is 15.5 Å². The lowest BCUT2D eigenvalue weighted by Gasteiger charge is -2.12. The number of nitrogens with zero attached hydrogens (tertiary/aromatic N) is 2. The number of benzene rings is 1. The van der Waals surface area contributed by atoms with E-state index < -0.39 is 0 Å². The second-order valence-corrected chi connectivity index (χ2v) is 6.65. The summed E-state index contributed by atoms with van der Waals surface area (Å²) in [5.74, 6) is 1.61. The molecular weight excluding hydrogens is 294 g/mol. The van der Waals surface area contributed by atoms with Gasteiger partial charge in [0.25, 0.3) is 11.8 Å². The summed E-state index contributed by atoms with van der Waals surface area (Å²) in [4.78, 5) is 16.5. The fourth-order valence-electron chi connectivity index (χ4n) is 2.56. The topological polar surface area (TPSA) is 88.2 Å². The molecule has 0 atom stereocenters. The molecule has 1 aromatic carbocycles. The van der Waals surface area contributed by atoms with Gasteiger partial charge < -0.3 is 14.9 Å². The molecule has 23 heavy (non-hydrogen) atoms. The van der Waals surface area contributed by atoms with Crippen LogP contribution in [0.3, 0.4) is 0 Å². The molecule has 0 bridgehead atoms. The van der Waals surface area contributed by atoms with Gasteiger partial charge >= 0.3 is 0 Å².